The number of fused-ring (bicyclic) bond motifs is 1. The van der Waals surface area contributed by atoms with Gasteiger partial charge in [-0.25, -0.2) is 15.0 Å². The summed E-state index contributed by atoms with van der Waals surface area (Å²) in [6.45, 7) is 10.6. The predicted octanol–water partition coefficient (Wildman–Crippen LogP) is 4.66. The molecular formula is C22H29N5. The maximum Gasteiger partial charge on any atom is 0.133 e. The summed E-state index contributed by atoms with van der Waals surface area (Å²) in [5, 5.41) is 0. The van der Waals surface area contributed by atoms with Crippen LogP contribution in [0.15, 0.2) is 30.3 Å². The Labute approximate surface area is 161 Å². The van der Waals surface area contributed by atoms with E-state index in [2.05, 4.69) is 72.5 Å². The molecule has 0 N–H and O–H groups in total. The Morgan fingerprint density at radius 2 is 1.81 bits per heavy atom. The van der Waals surface area contributed by atoms with Crippen molar-refractivity contribution >= 4 is 16.9 Å². The van der Waals surface area contributed by atoms with E-state index in [1.54, 1.807) is 0 Å². The molecule has 0 atom stereocenters. The minimum atomic E-state index is 0.352. The van der Waals surface area contributed by atoms with Crippen LogP contribution < -0.4 is 4.90 Å². The van der Waals surface area contributed by atoms with E-state index in [9.17, 15) is 0 Å². The summed E-state index contributed by atoms with van der Waals surface area (Å²) in [4.78, 5) is 16.7. The fraction of sp³-hybridized carbons (Fsp3) is 0.500. The van der Waals surface area contributed by atoms with Gasteiger partial charge in [0.2, 0.25) is 0 Å². The van der Waals surface area contributed by atoms with Crippen molar-refractivity contribution < 1.29 is 0 Å². The summed E-state index contributed by atoms with van der Waals surface area (Å²) in [5.74, 6) is 3.58. The lowest BCUT2D eigenvalue weighted by atomic mass is 10.0. The van der Waals surface area contributed by atoms with Gasteiger partial charge in [-0.2, -0.15) is 0 Å². The maximum atomic E-state index is 4.85. The molecule has 1 fully saturated rings. The van der Waals surface area contributed by atoms with Gasteiger partial charge in [0.1, 0.15) is 17.5 Å². The van der Waals surface area contributed by atoms with Crippen molar-refractivity contribution in [1.82, 2.24) is 19.5 Å². The molecule has 1 aliphatic heterocycles. The molecule has 0 radical (unpaired) electrons. The fourth-order valence-corrected chi connectivity index (χ4v) is 4.10. The van der Waals surface area contributed by atoms with Crippen LogP contribution in [0, 0.1) is 6.92 Å². The SMILES string of the molecule is CCc1nc2ccccc2n1C1CCN(c2cc(C)nc(C(C)C)n2)CC1. The molecule has 0 unspecified atom stereocenters. The second kappa shape index (κ2) is 7.29. The van der Waals surface area contributed by atoms with Crippen molar-refractivity contribution in [2.24, 2.45) is 0 Å². The lowest BCUT2D eigenvalue weighted by molar-refractivity contribution is 0.393. The molecule has 1 aromatic carbocycles. The smallest absolute Gasteiger partial charge is 0.133 e. The number of nitrogens with zero attached hydrogens (tertiary/aromatic N) is 5. The van der Waals surface area contributed by atoms with Crippen molar-refractivity contribution in [3.8, 4) is 0 Å². The van der Waals surface area contributed by atoms with Crippen LogP contribution in [0.25, 0.3) is 11.0 Å². The third kappa shape index (κ3) is 3.43. The molecule has 5 heteroatoms. The van der Waals surface area contributed by atoms with Crippen molar-refractivity contribution in [1.29, 1.82) is 0 Å². The third-order valence-corrected chi connectivity index (χ3v) is 5.51. The van der Waals surface area contributed by atoms with Crippen molar-refractivity contribution in [2.45, 2.75) is 58.9 Å². The Hall–Kier alpha value is -2.43. The number of aryl methyl sites for hydroxylation is 2. The largest absolute Gasteiger partial charge is 0.356 e. The molecule has 1 aliphatic rings. The van der Waals surface area contributed by atoms with E-state index in [0.717, 1.165) is 55.2 Å². The van der Waals surface area contributed by atoms with Gasteiger partial charge in [0.05, 0.1) is 11.0 Å². The second-order valence-corrected chi connectivity index (χ2v) is 7.84. The van der Waals surface area contributed by atoms with E-state index in [4.69, 9.17) is 9.97 Å². The average molecular weight is 364 g/mol. The van der Waals surface area contributed by atoms with Gasteiger partial charge in [0.25, 0.3) is 0 Å². The first kappa shape index (κ1) is 18.0. The molecule has 2 aromatic heterocycles. The Morgan fingerprint density at radius 3 is 2.52 bits per heavy atom. The van der Waals surface area contributed by atoms with Crippen LogP contribution in [-0.4, -0.2) is 32.6 Å². The number of piperidine rings is 1. The second-order valence-electron chi connectivity index (χ2n) is 7.84. The van der Waals surface area contributed by atoms with Gasteiger partial charge in [-0.15, -0.1) is 0 Å². The standard InChI is InChI=1S/C22H29N5/c1-5-20-24-18-8-6-7-9-19(18)27(20)17-10-12-26(13-11-17)21-14-16(4)23-22(25-21)15(2)3/h6-9,14-15,17H,5,10-13H2,1-4H3. The van der Waals surface area contributed by atoms with Gasteiger partial charge in [0.15, 0.2) is 0 Å². The molecule has 3 heterocycles. The maximum absolute atomic E-state index is 4.85. The van der Waals surface area contributed by atoms with E-state index >= 15 is 0 Å². The topological polar surface area (TPSA) is 46.8 Å². The molecular weight excluding hydrogens is 334 g/mol. The summed E-state index contributed by atoms with van der Waals surface area (Å²) in [6.07, 6.45) is 3.21. The van der Waals surface area contributed by atoms with E-state index in [-0.39, 0.29) is 0 Å². The molecule has 0 saturated carbocycles. The normalized spacial score (nSPS) is 15.8. The molecule has 5 nitrogen and oxygen atoms in total. The Bertz CT molecular complexity index is 935. The van der Waals surface area contributed by atoms with Gasteiger partial charge < -0.3 is 9.47 Å². The zero-order chi connectivity index (χ0) is 19.0. The molecule has 27 heavy (non-hydrogen) atoms. The Balaban J connectivity index is 1.57. The molecule has 4 rings (SSSR count). The molecule has 0 spiro atoms. The minimum Gasteiger partial charge on any atom is -0.356 e. The molecule has 3 aromatic rings. The van der Waals surface area contributed by atoms with Gasteiger partial charge >= 0.3 is 0 Å². The van der Waals surface area contributed by atoms with Gasteiger partial charge in [-0.05, 0) is 31.9 Å². The number of imidazole rings is 1. The number of anilines is 1. The first-order valence-electron chi connectivity index (χ1n) is 10.1. The van der Waals surface area contributed by atoms with Gasteiger partial charge in [-0.3, -0.25) is 0 Å². The first-order chi connectivity index (χ1) is 13.1. The summed E-state index contributed by atoms with van der Waals surface area (Å²) < 4.78 is 2.48. The molecule has 142 valence electrons. The molecule has 1 saturated heterocycles. The summed E-state index contributed by atoms with van der Waals surface area (Å²) in [5.41, 5.74) is 3.44. The third-order valence-electron chi connectivity index (χ3n) is 5.51. The Morgan fingerprint density at radius 1 is 1.07 bits per heavy atom. The van der Waals surface area contributed by atoms with E-state index in [1.807, 2.05) is 0 Å². The molecule has 0 bridgehead atoms. The highest BCUT2D eigenvalue weighted by Gasteiger charge is 2.25. The monoisotopic (exact) mass is 363 g/mol. The van der Waals surface area contributed by atoms with E-state index in [1.165, 1.54) is 11.3 Å². The fourth-order valence-electron chi connectivity index (χ4n) is 4.10. The highest BCUT2D eigenvalue weighted by atomic mass is 15.2. The number of hydrogen-bond donors (Lipinski definition) is 0. The minimum absolute atomic E-state index is 0.352. The van der Waals surface area contributed by atoms with Crippen molar-refractivity contribution in [3.63, 3.8) is 0 Å². The summed E-state index contributed by atoms with van der Waals surface area (Å²) >= 11 is 0. The van der Waals surface area contributed by atoms with E-state index < -0.39 is 0 Å². The van der Waals surface area contributed by atoms with Crippen molar-refractivity contribution in [2.75, 3.05) is 18.0 Å². The molecule has 0 aliphatic carbocycles. The zero-order valence-electron chi connectivity index (χ0n) is 16.8. The Kier molecular flexibility index (Phi) is 4.85. The predicted molar refractivity (Wildman–Crippen MR) is 110 cm³/mol. The van der Waals surface area contributed by atoms with E-state index in [0.29, 0.717) is 12.0 Å². The summed E-state index contributed by atoms with van der Waals surface area (Å²) in [6, 6.07) is 11.2. The lowest BCUT2D eigenvalue weighted by Crippen LogP contribution is -2.35. The molecule has 0 amide bonds. The van der Waals surface area contributed by atoms with Crippen LogP contribution in [0.1, 0.15) is 62.9 Å². The van der Waals surface area contributed by atoms with Crippen LogP contribution in [0.3, 0.4) is 0 Å². The van der Waals surface area contributed by atoms with Gasteiger partial charge in [0, 0.05) is 43.2 Å². The number of hydrogen-bond acceptors (Lipinski definition) is 4. The van der Waals surface area contributed by atoms with Crippen LogP contribution in [-0.2, 0) is 6.42 Å². The number of para-hydroxylation sites is 2. The zero-order valence-corrected chi connectivity index (χ0v) is 16.8. The number of rotatable bonds is 4. The average Bonchev–Trinajstić information content (AvgIpc) is 3.06. The van der Waals surface area contributed by atoms with Crippen molar-refractivity contribution in [3.05, 3.63) is 47.7 Å². The van der Waals surface area contributed by atoms with Gasteiger partial charge in [-0.1, -0.05) is 32.9 Å². The van der Waals surface area contributed by atoms with Crippen LogP contribution >= 0.6 is 0 Å². The number of benzene rings is 1. The lowest BCUT2D eigenvalue weighted by Gasteiger charge is -2.34. The highest BCUT2D eigenvalue weighted by Crippen LogP contribution is 2.31. The van der Waals surface area contributed by atoms with Crippen LogP contribution in [0.5, 0.6) is 0 Å². The first-order valence-corrected chi connectivity index (χ1v) is 10.1. The summed E-state index contributed by atoms with van der Waals surface area (Å²) in [7, 11) is 0. The quantitative estimate of drug-likeness (QED) is 0.676. The number of aromatic nitrogens is 4. The van der Waals surface area contributed by atoms with Crippen LogP contribution in [0.4, 0.5) is 5.82 Å². The van der Waals surface area contributed by atoms with Crippen LogP contribution in [0.2, 0.25) is 0 Å². The highest BCUT2D eigenvalue weighted by molar-refractivity contribution is 5.76.